The highest BCUT2D eigenvalue weighted by Crippen LogP contribution is 2.68. The number of halogens is 1. The van der Waals surface area contributed by atoms with Crippen LogP contribution in [0.5, 0.6) is 0 Å². The first-order valence-corrected chi connectivity index (χ1v) is 37.2. The van der Waals surface area contributed by atoms with Gasteiger partial charge in [0.2, 0.25) is 0 Å². The molecule has 0 unspecified atom stereocenters. The van der Waals surface area contributed by atoms with Crippen molar-refractivity contribution in [2.75, 3.05) is 5.33 Å². The lowest BCUT2D eigenvalue weighted by atomic mass is 9.48. The molecule has 15 nitrogen and oxygen atoms in total. The van der Waals surface area contributed by atoms with E-state index in [0.29, 0.717) is 53.5 Å². The fraction of sp³-hybridized carbons (Fsp3) is 0.880. The van der Waals surface area contributed by atoms with Crippen molar-refractivity contribution in [3.63, 3.8) is 0 Å². The van der Waals surface area contributed by atoms with Crippen molar-refractivity contribution in [3.05, 3.63) is 37.2 Å². The Balaban J connectivity index is 0.000000153. The molecule has 0 spiro atoms. The van der Waals surface area contributed by atoms with Crippen LogP contribution in [0.2, 0.25) is 0 Å². The number of alkyl halides is 1. The van der Waals surface area contributed by atoms with E-state index in [1.54, 1.807) is 46.7 Å². The smallest absolute Gasteiger partial charge is 0.159 e. The van der Waals surface area contributed by atoms with Crippen molar-refractivity contribution >= 4 is 33.3 Å². The number of nitrogens with zero attached hydrogens (tertiary/aromatic N) is 8. The highest BCUT2D eigenvalue weighted by molar-refractivity contribution is 9.09. The Morgan fingerprint density at radius 1 is 0.451 bits per heavy atom. The third-order valence-corrected chi connectivity index (χ3v) is 30.0. The zero-order valence-corrected chi connectivity index (χ0v) is 56.3. The molecular formula is C75H124BrN9O6. The summed E-state index contributed by atoms with van der Waals surface area (Å²) in [5.74, 6) is 13.6. The number of Topliss-reactive ketones (excluding diaryl/α,β-unsaturated/α-hetero) is 3. The number of fused-ring (bicyclic) bond motifs is 15. The molecule has 512 valence electrons. The van der Waals surface area contributed by atoms with Crippen LogP contribution in [0.15, 0.2) is 37.2 Å². The predicted octanol–water partition coefficient (Wildman–Crippen LogP) is 15.6. The monoisotopic (exact) mass is 1330 g/mol. The molecule has 91 heavy (non-hydrogen) atoms. The minimum Gasteiger partial charge on any atom is -0.390 e. The number of hydrogen-bond donors (Lipinski definition) is 4. The van der Waals surface area contributed by atoms with Crippen LogP contribution in [-0.4, -0.2) is 100 Å². The second-order valence-corrected chi connectivity index (χ2v) is 33.2. The largest absolute Gasteiger partial charge is 0.390 e. The van der Waals surface area contributed by atoms with Crippen LogP contribution in [0.25, 0.3) is 0 Å². The predicted molar refractivity (Wildman–Crippen MR) is 363 cm³/mol. The minimum atomic E-state index is -0.400. The molecule has 12 aliphatic rings. The summed E-state index contributed by atoms with van der Waals surface area (Å²) >= 11 is 3.42. The molecule has 0 aromatic carbocycles. The lowest BCUT2D eigenvalue weighted by molar-refractivity contribution is -0.134. The molecule has 0 radical (unpaired) electrons. The summed E-state index contributed by atoms with van der Waals surface area (Å²) in [6.45, 7) is 14.4. The molecule has 16 heteroatoms. The number of carbonyl (C=O) groups is 3. The molecule has 12 aliphatic carbocycles. The van der Waals surface area contributed by atoms with Gasteiger partial charge < -0.3 is 15.3 Å². The molecule has 0 saturated heterocycles. The molecule has 4 N–H and O–H groups in total. The Kier molecular flexibility index (Phi) is 23.2. The Morgan fingerprint density at radius 3 is 1.14 bits per heavy atom. The van der Waals surface area contributed by atoms with Crippen LogP contribution in [0.4, 0.5) is 0 Å². The van der Waals surface area contributed by atoms with E-state index in [2.05, 4.69) is 93.4 Å². The standard InChI is InChI=1S/2C24H37N3O2.C22H35BrO2.C2H3N3.3CH4/c1-3-24(29)11-9-17-16(14-24)4-5-19-18(17)8-10-23(2)20(19)6-7-21(23)22(28)15-27-13-12-25-26-27;1-3-24(29)11-9-17-16(14-24)4-5-19-18(17)8-10-23(2)20(19)6-7-21(23)22(28)15-27-25-12-13-26-27;1-3-22(25)11-9-15-14(12-22)4-5-17-16(15)8-10-21(2)18(17)6-7-19(21)20(24)13-23;1-2-4-5-3-1;;;/h2*12-13,16-21,29H,3-11,14-15H2,1-2H3;14-19,25H,3-13H2,1-2H3;1-2H,(H,3,4,5);3*1H4/t2*16-,17+,18-,19-,20+,21-,23+,24-;14-,15+,16-,17-,18+,19-,21+,22-;;;;/m111..../s1. The van der Waals surface area contributed by atoms with Gasteiger partial charge in [0.15, 0.2) is 11.6 Å². The van der Waals surface area contributed by atoms with Gasteiger partial charge in [-0.3, -0.25) is 14.4 Å². The first kappa shape index (κ1) is 72.1. The topological polar surface area (TPSA) is 215 Å². The lowest BCUT2D eigenvalue weighted by Gasteiger charge is -2.57. The van der Waals surface area contributed by atoms with E-state index in [1.807, 2.05) is 0 Å². The van der Waals surface area contributed by atoms with Gasteiger partial charge in [0.25, 0.3) is 0 Å². The molecular weight excluding hydrogens is 1200 g/mol. The van der Waals surface area contributed by atoms with E-state index in [0.717, 1.165) is 154 Å². The molecule has 15 rings (SSSR count). The van der Waals surface area contributed by atoms with Crippen LogP contribution in [-0.2, 0) is 27.5 Å². The zero-order valence-electron chi connectivity index (χ0n) is 54.7. The van der Waals surface area contributed by atoms with Crippen LogP contribution in [0, 0.1) is 123 Å². The van der Waals surface area contributed by atoms with Crippen LogP contribution in [0.3, 0.4) is 0 Å². The molecule has 0 bridgehead atoms. The van der Waals surface area contributed by atoms with Gasteiger partial charge in [-0.05, 0) is 298 Å². The Labute approximate surface area is 557 Å². The molecule has 12 fully saturated rings. The van der Waals surface area contributed by atoms with Gasteiger partial charge in [0.05, 0.1) is 53.1 Å². The SMILES string of the molecule is C.C.C.CC[C@@]1(O)CC[C@H]2[C@H](CC[C@@H]3[C@@H]2CC[C@]2(C)[C@@H](C(=O)CBr)CC[C@@H]32)C1.CC[C@@]1(O)CC[C@H]2[C@H](CC[C@@H]3[C@@H]2CC[C@]2(C)[C@@H](C(=O)Cn4ccnn4)CC[C@@H]32)C1.CC[C@@]1(O)CC[C@H]2[C@H](CC[C@@H]3[C@@H]2CC[C@]2(C)[C@@H](C(=O)Cn4nccn4)CC[C@@H]32)C1.c1cn[nH]n1. The van der Waals surface area contributed by atoms with E-state index >= 15 is 0 Å². The Bertz CT molecular complexity index is 2660. The number of aliphatic hydroxyl groups is 3. The summed E-state index contributed by atoms with van der Waals surface area (Å²) in [7, 11) is 0. The van der Waals surface area contributed by atoms with Gasteiger partial charge in [-0.15, -0.1) is 5.10 Å². The average Bonchev–Trinajstić information content (AvgIpc) is 1.69. The van der Waals surface area contributed by atoms with Crippen molar-refractivity contribution < 1.29 is 29.7 Å². The number of H-pyrrole nitrogens is 1. The molecule has 0 aliphatic heterocycles. The first-order chi connectivity index (χ1) is 42.3. The summed E-state index contributed by atoms with van der Waals surface area (Å²) in [4.78, 5) is 40.3. The summed E-state index contributed by atoms with van der Waals surface area (Å²) in [6.07, 6.45) is 44.8. The molecule has 3 aromatic heterocycles. The second kappa shape index (κ2) is 29.2. The fourth-order valence-corrected chi connectivity index (χ4v) is 25.2. The van der Waals surface area contributed by atoms with Crippen LogP contribution < -0.4 is 0 Å². The number of carbonyl (C=O) groups excluding carboxylic acids is 3. The maximum atomic E-state index is 13.1. The molecule has 24 atom stereocenters. The third kappa shape index (κ3) is 13.9. The normalized spacial score (nSPS) is 44.5. The van der Waals surface area contributed by atoms with E-state index < -0.39 is 11.2 Å². The van der Waals surface area contributed by atoms with Crippen molar-refractivity contribution in [1.29, 1.82) is 0 Å². The first-order valence-electron chi connectivity index (χ1n) is 36.1. The number of rotatable bonds is 11. The van der Waals surface area contributed by atoms with E-state index in [4.69, 9.17) is 0 Å². The highest BCUT2D eigenvalue weighted by atomic mass is 79.9. The maximum absolute atomic E-state index is 13.1. The van der Waals surface area contributed by atoms with Gasteiger partial charge in [0, 0.05) is 24.0 Å². The van der Waals surface area contributed by atoms with Crippen molar-refractivity contribution in [1.82, 2.24) is 45.4 Å². The van der Waals surface area contributed by atoms with Gasteiger partial charge in [-0.1, -0.05) is 85.0 Å². The van der Waals surface area contributed by atoms with Crippen molar-refractivity contribution in [3.8, 4) is 0 Å². The van der Waals surface area contributed by atoms with E-state index in [9.17, 15) is 29.7 Å². The summed E-state index contributed by atoms with van der Waals surface area (Å²) in [5, 5.41) is 58.5. The Morgan fingerprint density at radius 2 is 0.813 bits per heavy atom. The number of nitrogens with one attached hydrogen (secondary N) is 1. The summed E-state index contributed by atoms with van der Waals surface area (Å²) < 4.78 is 1.69. The molecule has 0 amide bonds. The molecule has 12 saturated carbocycles. The number of hydrogen-bond acceptors (Lipinski definition) is 12. The van der Waals surface area contributed by atoms with Crippen LogP contribution >= 0.6 is 15.9 Å². The third-order valence-electron chi connectivity index (χ3n) is 29.5. The van der Waals surface area contributed by atoms with Crippen LogP contribution in [0.1, 0.15) is 256 Å². The quantitative estimate of drug-likeness (QED) is 0.132. The number of aromatic amines is 1. The van der Waals surface area contributed by atoms with Gasteiger partial charge in [-0.2, -0.15) is 30.4 Å². The van der Waals surface area contributed by atoms with Gasteiger partial charge in [-0.25, -0.2) is 4.68 Å². The lowest BCUT2D eigenvalue weighted by Crippen LogP contribution is -2.51. The number of ketones is 3. The van der Waals surface area contributed by atoms with E-state index in [1.165, 1.54) is 116 Å². The number of aromatic nitrogens is 9. The molecule has 3 aromatic rings. The fourth-order valence-electron chi connectivity index (χ4n) is 24.9. The summed E-state index contributed by atoms with van der Waals surface area (Å²) in [6, 6.07) is 0. The summed E-state index contributed by atoms with van der Waals surface area (Å²) in [5.41, 5.74) is -0.580. The van der Waals surface area contributed by atoms with Gasteiger partial charge in [0.1, 0.15) is 18.9 Å². The second-order valence-electron chi connectivity index (χ2n) is 32.6. The maximum Gasteiger partial charge on any atom is 0.159 e. The van der Waals surface area contributed by atoms with Crippen molar-refractivity contribution in [2.24, 2.45) is 123 Å². The van der Waals surface area contributed by atoms with E-state index in [-0.39, 0.29) is 56.0 Å². The molecule has 3 heterocycles. The minimum absolute atomic E-state index is 0. The highest BCUT2D eigenvalue weighted by Gasteiger charge is 2.62. The average molecular weight is 1330 g/mol. The van der Waals surface area contributed by atoms with Crippen molar-refractivity contribution in [2.45, 2.75) is 286 Å². The zero-order chi connectivity index (χ0) is 61.8. The Hall–Kier alpha value is -3.21. The van der Waals surface area contributed by atoms with Gasteiger partial charge >= 0.3 is 0 Å².